The number of aliphatic imine (C=N–C) groups is 3. The van der Waals surface area contributed by atoms with Crippen molar-refractivity contribution in [1.82, 2.24) is 0 Å². The Morgan fingerprint density at radius 3 is 2.52 bits per heavy atom. The van der Waals surface area contributed by atoms with E-state index in [-0.39, 0.29) is 0 Å². The molecule has 1 aliphatic rings. The standard InChI is InChI=1S/C24H21N3/c1-5-19-7-6-8-20(15-19)16-26-22-10-12-24(18(3)14-22)27-23-11-9-21(25-4)13-17(23)2/h5-16H,1,3-4H2,2H3. The second kappa shape index (κ2) is 8.19. The van der Waals surface area contributed by atoms with Gasteiger partial charge in [0.05, 0.1) is 22.8 Å². The molecule has 0 amide bonds. The summed E-state index contributed by atoms with van der Waals surface area (Å²) in [5.74, 6) is 0. The van der Waals surface area contributed by atoms with Crippen molar-refractivity contribution >= 4 is 36.1 Å². The third-order valence-corrected chi connectivity index (χ3v) is 4.18. The van der Waals surface area contributed by atoms with Crippen molar-refractivity contribution in [2.75, 3.05) is 0 Å². The van der Waals surface area contributed by atoms with E-state index in [0.717, 1.165) is 45.0 Å². The molecule has 2 aromatic carbocycles. The molecule has 2 aromatic rings. The first kappa shape index (κ1) is 18.2. The third-order valence-electron chi connectivity index (χ3n) is 4.18. The average molecular weight is 351 g/mol. The lowest BCUT2D eigenvalue weighted by molar-refractivity contribution is 1.36. The van der Waals surface area contributed by atoms with Gasteiger partial charge in [0.25, 0.3) is 0 Å². The molecular formula is C24H21N3. The first-order valence-corrected chi connectivity index (χ1v) is 8.61. The van der Waals surface area contributed by atoms with Gasteiger partial charge in [-0.25, -0.2) is 4.99 Å². The van der Waals surface area contributed by atoms with E-state index >= 15 is 0 Å². The highest BCUT2D eigenvalue weighted by molar-refractivity contribution is 6.12. The fourth-order valence-corrected chi connectivity index (χ4v) is 2.67. The smallest absolute Gasteiger partial charge is 0.0704 e. The predicted molar refractivity (Wildman–Crippen MR) is 118 cm³/mol. The molecule has 0 spiro atoms. The van der Waals surface area contributed by atoms with Gasteiger partial charge in [0.2, 0.25) is 0 Å². The number of allylic oxidation sites excluding steroid dienone is 4. The van der Waals surface area contributed by atoms with Crippen LogP contribution in [0.4, 0.5) is 11.4 Å². The summed E-state index contributed by atoms with van der Waals surface area (Å²) in [6, 6.07) is 13.8. The molecule has 3 nitrogen and oxygen atoms in total. The normalized spacial score (nSPS) is 15.2. The topological polar surface area (TPSA) is 37.1 Å². The number of benzene rings is 2. The van der Waals surface area contributed by atoms with Gasteiger partial charge >= 0.3 is 0 Å². The fraction of sp³-hybridized carbons (Fsp3) is 0.0417. The van der Waals surface area contributed by atoms with E-state index in [9.17, 15) is 0 Å². The minimum absolute atomic E-state index is 0.824. The molecule has 3 rings (SSSR count). The molecule has 0 saturated heterocycles. The quantitative estimate of drug-likeness (QED) is 0.578. The van der Waals surface area contributed by atoms with Gasteiger partial charge in [0.15, 0.2) is 0 Å². The van der Waals surface area contributed by atoms with Crippen molar-refractivity contribution in [3.05, 3.63) is 102 Å². The van der Waals surface area contributed by atoms with Crippen molar-refractivity contribution in [3.63, 3.8) is 0 Å². The van der Waals surface area contributed by atoms with Crippen LogP contribution >= 0.6 is 0 Å². The van der Waals surface area contributed by atoms with Crippen LogP contribution in [0, 0.1) is 6.92 Å². The van der Waals surface area contributed by atoms with Gasteiger partial charge in [-0.15, -0.1) is 0 Å². The monoisotopic (exact) mass is 351 g/mol. The molecule has 0 heterocycles. The Balaban J connectivity index is 1.78. The van der Waals surface area contributed by atoms with Crippen LogP contribution in [0.15, 0.2) is 100 Å². The maximum absolute atomic E-state index is 4.71. The molecule has 0 bridgehead atoms. The second-order valence-corrected chi connectivity index (χ2v) is 6.19. The molecule has 0 saturated carbocycles. The van der Waals surface area contributed by atoms with Crippen LogP contribution in [0.2, 0.25) is 0 Å². The molecule has 132 valence electrons. The van der Waals surface area contributed by atoms with Crippen LogP contribution in [0.1, 0.15) is 16.7 Å². The number of aryl methyl sites for hydroxylation is 1. The number of rotatable bonds is 5. The molecule has 0 aromatic heterocycles. The van der Waals surface area contributed by atoms with Gasteiger partial charge in [-0.05, 0) is 78.4 Å². The Morgan fingerprint density at radius 1 is 1.00 bits per heavy atom. The summed E-state index contributed by atoms with van der Waals surface area (Å²) in [7, 11) is 0. The summed E-state index contributed by atoms with van der Waals surface area (Å²) in [5.41, 5.74) is 7.36. The largest absolute Gasteiger partial charge is 0.265 e. The number of nitrogens with zero attached hydrogens (tertiary/aromatic N) is 3. The van der Waals surface area contributed by atoms with E-state index in [2.05, 4.69) is 29.9 Å². The molecule has 0 atom stereocenters. The summed E-state index contributed by atoms with van der Waals surface area (Å²) in [6.45, 7) is 13.5. The van der Waals surface area contributed by atoms with Crippen LogP contribution in [0.3, 0.4) is 0 Å². The predicted octanol–water partition coefficient (Wildman–Crippen LogP) is 6.17. The molecule has 0 N–H and O–H groups in total. The summed E-state index contributed by atoms with van der Waals surface area (Å²) in [6.07, 6.45) is 9.47. The Kier molecular flexibility index (Phi) is 5.53. The van der Waals surface area contributed by atoms with Crippen LogP contribution in [-0.2, 0) is 0 Å². The number of hydrogen-bond donors (Lipinski definition) is 0. The maximum Gasteiger partial charge on any atom is 0.0704 e. The highest BCUT2D eigenvalue weighted by Gasteiger charge is 2.07. The third kappa shape index (κ3) is 4.53. The minimum Gasteiger partial charge on any atom is -0.265 e. The lowest BCUT2D eigenvalue weighted by Crippen LogP contribution is -2.01. The summed E-state index contributed by atoms with van der Waals surface area (Å²) in [5, 5.41) is 0. The molecule has 1 aliphatic carbocycles. The minimum atomic E-state index is 0.824. The highest BCUT2D eigenvalue weighted by atomic mass is 14.8. The summed E-state index contributed by atoms with van der Waals surface area (Å²) < 4.78 is 0. The Labute approximate surface area is 160 Å². The molecule has 0 fully saturated rings. The second-order valence-electron chi connectivity index (χ2n) is 6.19. The van der Waals surface area contributed by atoms with E-state index in [1.165, 1.54) is 0 Å². The Morgan fingerprint density at radius 2 is 1.81 bits per heavy atom. The lowest BCUT2D eigenvalue weighted by atomic mass is 10.0. The summed E-state index contributed by atoms with van der Waals surface area (Å²) in [4.78, 5) is 13.2. The van der Waals surface area contributed by atoms with Crippen molar-refractivity contribution in [3.8, 4) is 0 Å². The van der Waals surface area contributed by atoms with Gasteiger partial charge < -0.3 is 0 Å². The lowest BCUT2D eigenvalue weighted by Gasteiger charge is -2.09. The highest BCUT2D eigenvalue weighted by Crippen LogP contribution is 2.26. The SMILES string of the molecule is C=Cc1cccc(C=NC2=CC(=C)C(=Nc3ccc(N=C)cc3C)C=C2)c1. The molecular weight excluding hydrogens is 330 g/mol. The average Bonchev–Trinajstić information content (AvgIpc) is 2.69. The fourth-order valence-electron chi connectivity index (χ4n) is 2.67. The van der Waals surface area contributed by atoms with E-state index in [4.69, 9.17) is 4.99 Å². The van der Waals surface area contributed by atoms with Gasteiger partial charge in [-0.2, -0.15) is 0 Å². The van der Waals surface area contributed by atoms with E-state index in [1.54, 1.807) is 0 Å². The Hall–Kier alpha value is -3.59. The molecule has 0 unspecified atom stereocenters. The van der Waals surface area contributed by atoms with Gasteiger partial charge in [0.1, 0.15) is 0 Å². The van der Waals surface area contributed by atoms with E-state index < -0.39 is 0 Å². The maximum atomic E-state index is 4.71. The van der Waals surface area contributed by atoms with Crippen LogP contribution in [0.5, 0.6) is 0 Å². The zero-order valence-corrected chi connectivity index (χ0v) is 15.4. The summed E-state index contributed by atoms with van der Waals surface area (Å²) >= 11 is 0. The molecule has 27 heavy (non-hydrogen) atoms. The van der Waals surface area contributed by atoms with E-state index in [1.807, 2.05) is 79.9 Å². The van der Waals surface area contributed by atoms with Crippen molar-refractivity contribution in [1.29, 1.82) is 0 Å². The van der Waals surface area contributed by atoms with Crippen molar-refractivity contribution in [2.24, 2.45) is 15.0 Å². The van der Waals surface area contributed by atoms with E-state index in [0.29, 0.717) is 0 Å². The van der Waals surface area contributed by atoms with Crippen molar-refractivity contribution < 1.29 is 0 Å². The van der Waals surface area contributed by atoms with Crippen LogP contribution in [0.25, 0.3) is 6.08 Å². The molecule has 0 radical (unpaired) electrons. The van der Waals surface area contributed by atoms with Gasteiger partial charge in [0, 0.05) is 6.21 Å². The zero-order valence-electron chi connectivity index (χ0n) is 15.4. The van der Waals surface area contributed by atoms with Crippen molar-refractivity contribution in [2.45, 2.75) is 6.92 Å². The Bertz CT molecular complexity index is 1030. The van der Waals surface area contributed by atoms with Gasteiger partial charge in [-0.3, -0.25) is 9.98 Å². The van der Waals surface area contributed by atoms with Crippen LogP contribution < -0.4 is 0 Å². The van der Waals surface area contributed by atoms with Gasteiger partial charge in [-0.1, -0.05) is 37.4 Å². The number of hydrogen-bond acceptors (Lipinski definition) is 3. The first-order valence-electron chi connectivity index (χ1n) is 8.61. The van der Waals surface area contributed by atoms with Crippen LogP contribution in [-0.4, -0.2) is 18.6 Å². The molecule has 3 heteroatoms. The molecule has 0 aliphatic heterocycles. The zero-order chi connectivity index (χ0) is 19.2. The first-order chi connectivity index (χ1) is 13.1.